The molecule has 0 saturated heterocycles. The van der Waals surface area contributed by atoms with Crippen molar-refractivity contribution in [3.63, 3.8) is 0 Å². The van der Waals surface area contributed by atoms with Gasteiger partial charge in [0.2, 0.25) is 0 Å². The summed E-state index contributed by atoms with van der Waals surface area (Å²) in [6.07, 6.45) is 1.87. The van der Waals surface area contributed by atoms with Gasteiger partial charge in [-0.2, -0.15) is 0 Å². The Morgan fingerprint density at radius 1 is 1.59 bits per heavy atom. The molecular weight excluding hydrogens is 210 g/mol. The van der Waals surface area contributed by atoms with Crippen LogP contribution in [0, 0.1) is 0 Å². The molecule has 1 aromatic heterocycles. The summed E-state index contributed by atoms with van der Waals surface area (Å²) in [5, 5.41) is 3.24. The van der Waals surface area contributed by atoms with E-state index in [1.165, 1.54) is 5.56 Å². The zero-order valence-corrected chi connectivity index (χ0v) is 11.3. The smallest absolute Gasteiger partial charge is 0.129 e. The highest BCUT2D eigenvalue weighted by Crippen LogP contribution is 2.18. The lowest BCUT2D eigenvalue weighted by Crippen LogP contribution is -2.25. The lowest BCUT2D eigenvalue weighted by Gasteiger charge is -2.23. The van der Waals surface area contributed by atoms with Gasteiger partial charge in [-0.3, -0.25) is 0 Å². The third-order valence-corrected chi connectivity index (χ3v) is 2.87. The molecule has 0 aliphatic carbocycles. The number of hydrogen-bond acceptors (Lipinski definition) is 3. The standard InChI is InChI=1S/C14H23N3/c1-6-17(10-11(2)3)14-9-13(7-8-16-14)12(4)15-5/h7-9,12,15H,2,6,10H2,1,3-5H3. The van der Waals surface area contributed by atoms with Crippen LogP contribution in [0.5, 0.6) is 0 Å². The Balaban J connectivity index is 2.92. The molecule has 1 rings (SSSR count). The molecule has 94 valence electrons. The van der Waals surface area contributed by atoms with Crippen LogP contribution in [0.15, 0.2) is 30.5 Å². The van der Waals surface area contributed by atoms with Crippen molar-refractivity contribution in [2.45, 2.75) is 26.8 Å². The predicted octanol–water partition coefficient (Wildman–Crippen LogP) is 2.76. The maximum absolute atomic E-state index is 4.44. The van der Waals surface area contributed by atoms with Crippen molar-refractivity contribution in [3.8, 4) is 0 Å². The number of aromatic nitrogens is 1. The Labute approximate surface area is 105 Å². The normalized spacial score (nSPS) is 12.2. The van der Waals surface area contributed by atoms with Gasteiger partial charge in [0.15, 0.2) is 0 Å². The summed E-state index contributed by atoms with van der Waals surface area (Å²) in [6, 6.07) is 4.55. The van der Waals surface area contributed by atoms with Crippen molar-refractivity contribution < 1.29 is 0 Å². The summed E-state index contributed by atoms with van der Waals surface area (Å²) in [6.45, 7) is 12.1. The van der Waals surface area contributed by atoms with Gasteiger partial charge in [-0.25, -0.2) is 4.98 Å². The Morgan fingerprint density at radius 3 is 2.82 bits per heavy atom. The quantitative estimate of drug-likeness (QED) is 0.766. The number of hydrogen-bond donors (Lipinski definition) is 1. The van der Waals surface area contributed by atoms with Crippen molar-refractivity contribution in [1.82, 2.24) is 10.3 Å². The number of pyridine rings is 1. The maximum atomic E-state index is 4.44. The first-order valence-electron chi connectivity index (χ1n) is 6.11. The first-order chi connectivity index (χ1) is 8.08. The van der Waals surface area contributed by atoms with Gasteiger partial charge in [-0.15, -0.1) is 0 Å². The van der Waals surface area contributed by atoms with Gasteiger partial charge in [0.05, 0.1) is 0 Å². The number of nitrogens with one attached hydrogen (secondary N) is 1. The van der Waals surface area contributed by atoms with E-state index < -0.39 is 0 Å². The van der Waals surface area contributed by atoms with Crippen molar-refractivity contribution in [2.24, 2.45) is 0 Å². The topological polar surface area (TPSA) is 28.2 Å². The van der Waals surface area contributed by atoms with E-state index in [-0.39, 0.29) is 0 Å². The number of rotatable bonds is 6. The molecule has 3 nitrogen and oxygen atoms in total. The third kappa shape index (κ3) is 3.86. The SMILES string of the molecule is C=C(C)CN(CC)c1cc(C(C)NC)ccn1. The summed E-state index contributed by atoms with van der Waals surface area (Å²) in [7, 11) is 1.97. The zero-order chi connectivity index (χ0) is 12.8. The second-order valence-corrected chi connectivity index (χ2v) is 4.43. The first-order valence-corrected chi connectivity index (χ1v) is 6.11. The third-order valence-electron chi connectivity index (χ3n) is 2.87. The van der Waals surface area contributed by atoms with E-state index in [4.69, 9.17) is 0 Å². The van der Waals surface area contributed by atoms with Crippen molar-refractivity contribution >= 4 is 5.82 Å². The molecule has 0 saturated carbocycles. The van der Waals surface area contributed by atoms with Gasteiger partial charge in [0.25, 0.3) is 0 Å². The highest BCUT2D eigenvalue weighted by molar-refractivity contribution is 5.42. The molecule has 0 spiro atoms. The number of nitrogens with zero attached hydrogens (tertiary/aromatic N) is 2. The average Bonchev–Trinajstić information content (AvgIpc) is 2.34. The predicted molar refractivity (Wildman–Crippen MR) is 74.4 cm³/mol. The maximum Gasteiger partial charge on any atom is 0.129 e. The molecule has 0 aliphatic rings. The van der Waals surface area contributed by atoms with Gasteiger partial charge in [0.1, 0.15) is 5.82 Å². The van der Waals surface area contributed by atoms with E-state index in [2.05, 4.69) is 47.8 Å². The highest BCUT2D eigenvalue weighted by atomic mass is 15.2. The second-order valence-electron chi connectivity index (χ2n) is 4.43. The fraction of sp³-hybridized carbons (Fsp3) is 0.500. The second kappa shape index (κ2) is 6.40. The van der Waals surface area contributed by atoms with Crippen LogP contribution in [0.25, 0.3) is 0 Å². The fourth-order valence-corrected chi connectivity index (χ4v) is 1.72. The summed E-state index contributed by atoms with van der Waals surface area (Å²) in [5.74, 6) is 1.02. The molecule has 1 unspecified atom stereocenters. The Morgan fingerprint density at radius 2 is 2.29 bits per heavy atom. The molecule has 3 heteroatoms. The Bertz CT molecular complexity index is 373. The van der Waals surface area contributed by atoms with Gasteiger partial charge in [0, 0.05) is 25.3 Å². The van der Waals surface area contributed by atoms with Crippen molar-refractivity contribution in [1.29, 1.82) is 0 Å². The zero-order valence-electron chi connectivity index (χ0n) is 11.3. The Kier molecular flexibility index (Phi) is 5.16. The molecule has 1 atom stereocenters. The minimum Gasteiger partial charge on any atom is -0.353 e. The molecule has 1 heterocycles. The molecule has 0 aromatic carbocycles. The van der Waals surface area contributed by atoms with Crippen LogP contribution in [-0.4, -0.2) is 25.1 Å². The fourth-order valence-electron chi connectivity index (χ4n) is 1.72. The highest BCUT2D eigenvalue weighted by Gasteiger charge is 2.09. The lowest BCUT2D eigenvalue weighted by molar-refractivity contribution is 0.650. The average molecular weight is 233 g/mol. The molecule has 0 bridgehead atoms. The Hall–Kier alpha value is -1.35. The van der Waals surface area contributed by atoms with Gasteiger partial charge in [-0.05, 0) is 45.5 Å². The lowest BCUT2D eigenvalue weighted by atomic mass is 10.1. The molecular formula is C14H23N3. The van der Waals surface area contributed by atoms with Crippen molar-refractivity contribution in [3.05, 3.63) is 36.0 Å². The van der Waals surface area contributed by atoms with Gasteiger partial charge in [-0.1, -0.05) is 12.2 Å². The monoisotopic (exact) mass is 233 g/mol. The van der Waals surface area contributed by atoms with Crippen LogP contribution in [0.1, 0.15) is 32.4 Å². The summed E-state index contributed by atoms with van der Waals surface area (Å²) < 4.78 is 0. The molecule has 0 fully saturated rings. The van der Waals surface area contributed by atoms with Crippen LogP contribution in [0.3, 0.4) is 0 Å². The number of anilines is 1. The van der Waals surface area contributed by atoms with Crippen LogP contribution < -0.4 is 10.2 Å². The molecule has 0 amide bonds. The van der Waals surface area contributed by atoms with Crippen molar-refractivity contribution in [2.75, 3.05) is 25.0 Å². The molecule has 1 aromatic rings. The summed E-state index contributed by atoms with van der Waals surface area (Å²) in [5.41, 5.74) is 2.42. The molecule has 1 N–H and O–H groups in total. The van der Waals surface area contributed by atoms with E-state index in [1.807, 2.05) is 20.2 Å². The molecule has 17 heavy (non-hydrogen) atoms. The van der Waals surface area contributed by atoms with Crippen LogP contribution in [0.2, 0.25) is 0 Å². The molecule has 0 aliphatic heterocycles. The van der Waals surface area contributed by atoms with Crippen LogP contribution in [-0.2, 0) is 0 Å². The van der Waals surface area contributed by atoms with E-state index in [0.29, 0.717) is 6.04 Å². The van der Waals surface area contributed by atoms with E-state index in [1.54, 1.807) is 0 Å². The van der Waals surface area contributed by atoms with E-state index in [9.17, 15) is 0 Å². The minimum atomic E-state index is 0.347. The summed E-state index contributed by atoms with van der Waals surface area (Å²) >= 11 is 0. The van der Waals surface area contributed by atoms with E-state index in [0.717, 1.165) is 24.5 Å². The number of likely N-dealkylation sites (N-methyl/N-ethyl adjacent to an activating group) is 1. The molecule has 0 radical (unpaired) electrons. The van der Waals surface area contributed by atoms with Crippen LogP contribution in [0.4, 0.5) is 5.82 Å². The van der Waals surface area contributed by atoms with Gasteiger partial charge < -0.3 is 10.2 Å². The van der Waals surface area contributed by atoms with E-state index >= 15 is 0 Å². The largest absolute Gasteiger partial charge is 0.353 e. The minimum absolute atomic E-state index is 0.347. The van der Waals surface area contributed by atoms with Gasteiger partial charge >= 0.3 is 0 Å². The summed E-state index contributed by atoms with van der Waals surface area (Å²) in [4.78, 5) is 6.67. The first kappa shape index (κ1) is 13.7. The van der Waals surface area contributed by atoms with Crippen LogP contribution >= 0.6 is 0 Å².